The van der Waals surface area contributed by atoms with Gasteiger partial charge in [-0.1, -0.05) is 127 Å². The molecule has 8 saturated carbocycles. The second-order valence-corrected chi connectivity index (χ2v) is 27.3. The Bertz CT molecular complexity index is 772. The van der Waals surface area contributed by atoms with Gasteiger partial charge in [0.2, 0.25) is 0 Å². The maximum Gasteiger partial charge on any atom is 0.0159 e. The Balaban J connectivity index is 1.38. The monoisotopic (exact) mass is 1090 g/mol. The van der Waals surface area contributed by atoms with Crippen LogP contribution < -0.4 is 0 Å². The summed E-state index contributed by atoms with van der Waals surface area (Å²) in [5.74, 6) is 3.42. The first-order valence-electron chi connectivity index (χ1n) is 16.9. The third-order valence-electron chi connectivity index (χ3n) is 14.1. The Morgan fingerprint density at radius 3 is 0.524 bits per heavy atom. The zero-order valence-corrected chi connectivity index (χ0v) is 37.4. The average Bonchev–Trinajstić information content (AvgIpc) is 2.86. The lowest BCUT2D eigenvalue weighted by atomic mass is 9.28. The molecule has 0 spiro atoms. The van der Waals surface area contributed by atoms with Gasteiger partial charge in [0.15, 0.2) is 0 Å². The predicted molar refractivity (Wildman–Crippen MR) is 209 cm³/mol. The van der Waals surface area contributed by atoms with Crippen molar-refractivity contribution in [3.05, 3.63) is 0 Å². The minimum Gasteiger partial charge on any atom is -0.0890 e. The first kappa shape index (κ1) is 34.3. The largest absolute Gasteiger partial charge is 0.0890 e. The van der Waals surface area contributed by atoms with Gasteiger partial charge < -0.3 is 0 Å². The van der Waals surface area contributed by atoms with Crippen LogP contribution in [-0.4, -0.2) is 38.6 Å². The predicted octanol–water partition coefficient (Wildman–Crippen LogP) is 13.6. The molecule has 0 aromatic carbocycles. The van der Waals surface area contributed by atoms with Crippen molar-refractivity contribution >= 4 is 127 Å². The van der Waals surface area contributed by atoms with Crippen LogP contribution in [0.4, 0.5) is 0 Å². The molecule has 0 nitrogen and oxygen atoms in total. The molecule has 8 unspecified atom stereocenters. The standard InChI is InChI=1S/C34H48Br8/c35-23-1-19(2-24(36)9-23)31-13-32(20-3-25(37)10-26(38)4-20)16-33(14-31,21-5-27(39)11-28(40)6-21)18-34(15-31,17-32)22-7-29(41)12-30(42)8-22/h19-30H,1-18H2. The Kier molecular flexibility index (Phi) is 10.5. The fourth-order valence-electron chi connectivity index (χ4n) is 13.4. The summed E-state index contributed by atoms with van der Waals surface area (Å²) >= 11 is 33.6. The van der Waals surface area contributed by atoms with Crippen LogP contribution >= 0.6 is 127 Å². The molecular weight excluding hydrogens is 1050 g/mol. The van der Waals surface area contributed by atoms with Crippen molar-refractivity contribution in [2.45, 2.75) is 154 Å². The number of halogens is 8. The molecule has 0 radical (unpaired) electrons. The summed E-state index contributed by atoms with van der Waals surface area (Å²) in [5, 5.41) is 0. The lowest BCUT2D eigenvalue weighted by Crippen LogP contribution is -2.69. The molecule has 0 N–H and O–H groups in total. The summed E-state index contributed by atoms with van der Waals surface area (Å²) < 4.78 is 0. The first-order valence-corrected chi connectivity index (χ1v) is 24.3. The molecule has 4 bridgehead atoms. The van der Waals surface area contributed by atoms with Crippen LogP contribution in [0.3, 0.4) is 0 Å². The fourth-order valence-corrected chi connectivity index (χ4v) is 22.6. The average molecular weight is 1100 g/mol. The Labute approximate surface area is 323 Å². The van der Waals surface area contributed by atoms with Crippen molar-refractivity contribution < 1.29 is 0 Å². The smallest absolute Gasteiger partial charge is 0.0159 e. The molecule has 0 heterocycles. The van der Waals surface area contributed by atoms with Crippen LogP contribution in [0.1, 0.15) is 116 Å². The molecule has 8 atom stereocenters. The number of rotatable bonds is 4. The van der Waals surface area contributed by atoms with Gasteiger partial charge in [-0.2, -0.15) is 0 Å². The molecular formula is C34H48Br8. The van der Waals surface area contributed by atoms with Crippen molar-refractivity contribution in [1.29, 1.82) is 0 Å². The third kappa shape index (κ3) is 6.43. The molecule has 8 fully saturated rings. The van der Waals surface area contributed by atoms with Crippen molar-refractivity contribution in [1.82, 2.24) is 0 Å². The molecule has 0 aromatic rings. The highest BCUT2D eigenvalue weighted by Gasteiger charge is 2.73. The SMILES string of the molecule is BrC1CC(Br)CC(C23CC4(C5CC(Br)CC(Br)C5)CC(C5CC(Br)CC(Br)C5)(C2)CC(C2CC(Br)CC(Br)C2)(C3)C4)C1. The number of hydrogen-bond donors (Lipinski definition) is 0. The van der Waals surface area contributed by atoms with Crippen LogP contribution in [0.2, 0.25) is 0 Å². The molecule has 0 aliphatic heterocycles. The maximum absolute atomic E-state index is 4.20. The van der Waals surface area contributed by atoms with Gasteiger partial charge in [-0.05, 0) is 161 Å². The molecule has 0 amide bonds. The van der Waals surface area contributed by atoms with Crippen LogP contribution in [0.25, 0.3) is 0 Å². The van der Waals surface area contributed by atoms with Gasteiger partial charge in [0.05, 0.1) is 0 Å². The van der Waals surface area contributed by atoms with Gasteiger partial charge in [0.1, 0.15) is 0 Å². The van der Waals surface area contributed by atoms with E-state index in [1.165, 1.54) is 116 Å². The number of hydrogen-bond acceptors (Lipinski definition) is 0. The van der Waals surface area contributed by atoms with Gasteiger partial charge in [0, 0.05) is 38.6 Å². The Morgan fingerprint density at radius 2 is 0.381 bits per heavy atom. The molecule has 240 valence electrons. The van der Waals surface area contributed by atoms with Crippen LogP contribution in [0.5, 0.6) is 0 Å². The molecule has 0 saturated heterocycles. The minimum absolute atomic E-state index is 0.510. The zero-order chi connectivity index (χ0) is 29.7. The zero-order valence-electron chi connectivity index (χ0n) is 24.7. The minimum atomic E-state index is 0.510. The van der Waals surface area contributed by atoms with E-state index >= 15 is 0 Å². The van der Waals surface area contributed by atoms with Crippen molar-refractivity contribution in [3.8, 4) is 0 Å². The van der Waals surface area contributed by atoms with Gasteiger partial charge in [-0.15, -0.1) is 0 Å². The summed E-state index contributed by atoms with van der Waals surface area (Å²) in [6.07, 6.45) is 25.6. The Hall–Kier alpha value is 3.84. The third-order valence-corrected chi connectivity index (χ3v) is 20.0. The van der Waals surface area contributed by atoms with Crippen LogP contribution in [-0.2, 0) is 0 Å². The molecule has 8 rings (SSSR count). The molecule has 8 aliphatic carbocycles. The van der Waals surface area contributed by atoms with Gasteiger partial charge in [-0.25, -0.2) is 0 Å². The molecule has 42 heavy (non-hydrogen) atoms. The highest BCUT2D eigenvalue weighted by atomic mass is 79.9. The number of alkyl halides is 8. The first-order chi connectivity index (χ1) is 19.8. The van der Waals surface area contributed by atoms with Gasteiger partial charge in [0.25, 0.3) is 0 Å². The quantitative estimate of drug-likeness (QED) is 0.246. The molecule has 8 heteroatoms. The van der Waals surface area contributed by atoms with E-state index in [0.717, 1.165) is 23.7 Å². The molecule has 0 aromatic heterocycles. The van der Waals surface area contributed by atoms with Gasteiger partial charge in [-0.3, -0.25) is 0 Å². The summed E-state index contributed by atoms with van der Waals surface area (Å²) in [6, 6.07) is 0. The van der Waals surface area contributed by atoms with Crippen molar-refractivity contribution in [2.75, 3.05) is 0 Å². The van der Waals surface area contributed by atoms with E-state index in [1.807, 2.05) is 0 Å². The van der Waals surface area contributed by atoms with E-state index in [-0.39, 0.29) is 0 Å². The Morgan fingerprint density at radius 1 is 0.238 bits per heavy atom. The highest BCUT2D eigenvalue weighted by Crippen LogP contribution is 2.82. The van der Waals surface area contributed by atoms with Crippen LogP contribution in [0, 0.1) is 45.3 Å². The second-order valence-electron chi connectivity index (χ2n) is 16.9. The highest BCUT2D eigenvalue weighted by molar-refractivity contribution is 9.11. The van der Waals surface area contributed by atoms with E-state index < -0.39 is 0 Å². The topological polar surface area (TPSA) is 0 Å². The fraction of sp³-hybridized carbons (Fsp3) is 1.00. The van der Waals surface area contributed by atoms with E-state index in [4.69, 9.17) is 0 Å². The summed E-state index contributed by atoms with van der Waals surface area (Å²) in [4.78, 5) is 5.39. The molecule has 8 aliphatic rings. The summed E-state index contributed by atoms with van der Waals surface area (Å²) in [5.41, 5.74) is 2.04. The van der Waals surface area contributed by atoms with Gasteiger partial charge >= 0.3 is 0 Å². The lowest BCUT2D eigenvalue weighted by molar-refractivity contribution is -0.270. The van der Waals surface area contributed by atoms with E-state index in [1.54, 1.807) is 0 Å². The van der Waals surface area contributed by atoms with E-state index in [2.05, 4.69) is 127 Å². The van der Waals surface area contributed by atoms with E-state index in [9.17, 15) is 0 Å². The maximum atomic E-state index is 4.20. The van der Waals surface area contributed by atoms with E-state index in [0.29, 0.717) is 60.3 Å². The van der Waals surface area contributed by atoms with Crippen molar-refractivity contribution in [2.24, 2.45) is 45.3 Å². The lowest BCUT2D eigenvalue weighted by Gasteiger charge is -2.77. The normalized spacial score (nSPS) is 60.0. The van der Waals surface area contributed by atoms with Crippen molar-refractivity contribution in [3.63, 3.8) is 0 Å². The summed E-state index contributed by atoms with van der Waals surface area (Å²) in [6.45, 7) is 0. The summed E-state index contributed by atoms with van der Waals surface area (Å²) in [7, 11) is 0. The van der Waals surface area contributed by atoms with Crippen LogP contribution in [0.15, 0.2) is 0 Å². The second kappa shape index (κ2) is 12.9.